The Labute approximate surface area is 140 Å². The molecule has 5 nitrogen and oxygen atoms in total. The van der Waals surface area contributed by atoms with Crippen molar-refractivity contribution in [2.45, 2.75) is 18.9 Å². The molecule has 1 aliphatic heterocycles. The Bertz CT molecular complexity index is 836. The fourth-order valence-corrected chi connectivity index (χ4v) is 3.15. The molecule has 3 heterocycles. The third-order valence-corrected chi connectivity index (χ3v) is 4.47. The van der Waals surface area contributed by atoms with Crippen LogP contribution < -0.4 is 4.74 Å². The predicted octanol–water partition coefficient (Wildman–Crippen LogP) is 3.25. The number of likely N-dealkylation sites (tertiary alicyclic amines) is 1. The van der Waals surface area contributed by atoms with E-state index < -0.39 is 0 Å². The molecule has 1 aromatic carbocycles. The number of nitrogens with zero attached hydrogens (tertiary/aromatic N) is 2. The fourth-order valence-electron chi connectivity index (χ4n) is 3.15. The van der Waals surface area contributed by atoms with E-state index in [9.17, 15) is 4.79 Å². The number of ether oxygens (including phenoxy) is 1. The highest BCUT2D eigenvalue weighted by molar-refractivity contribution is 5.98. The van der Waals surface area contributed by atoms with Crippen LogP contribution >= 0.6 is 0 Å². The van der Waals surface area contributed by atoms with E-state index in [1.165, 1.54) is 0 Å². The molecule has 0 saturated carbocycles. The molecular formula is C19H19N3O2. The lowest BCUT2D eigenvalue weighted by atomic mass is 10.1. The Hall–Kier alpha value is -2.82. The quantitative estimate of drug-likeness (QED) is 0.805. The summed E-state index contributed by atoms with van der Waals surface area (Å²) >= 11 is 0. The number of carbonyl (C=O) groups excluding carboxylic acids is 1. The zero-order chi connectivity index (χ0) is 16.4. The lowest BCUT2D eigenvalue weighted by Gasteiger charge is -2.32. The summed E-state index contributed by atoms with van der Waals surface area (Å²) in [6.07, 6.45) is 7.17. The first-order valence-electron chi connectivity index (χ1n) is 8.23. The van der Waals surface area contributed by atoms with Gasteiger partial charge in [-0.25, -0.2) is 0 Å². The second kappa shape index (κ2) is 6.35. The summed E-state index contributed by atoms with van der Waals surface area (Å²) in [6, 6.07) is 11.6. The highest BCUT2D eigenvalue weighted by Crippen LogP contribution is 2.21. The van der Waals surface area contributed by atoms with Gasteiger partial charge in [-0.3, -0.25) is 9.78 Å². The molecule has 5 heteroatoms. The average molecular weight is 321 g/mol. The maximum atomic E-state index is 12.7. The zero-order valence-electron chi connectivity index (χ0n) is 13.3. The molecule has 2 aromatic heterocycles. The van der Waals surface area contributed by atoms with E-state index in [1.807, 2.05) is 47.5 Å². The SMILES string of the molecule is O=C(c1ccc2cc[nH]c2c1)N1CCC(Oc2cccnc2)CC1. The van der Waals surface area contributed by atoms with Gasteiger partial charge in [0.2, 0.25) is 0 Å². The number of hydrogen-bond donors (Lipinski definition) is 1. The molecule has 0 bridgehead atoms. The van der Waals surface area contributed by atoms with Crippen molar-refractivity contribution in [1.82, 2.24) is 14.9 Å². The number of fused-ring (bicyclic) bond motifs is 1. The van der Waals surface area contributed by atoms with Gasteiger partial charge in [-0.15, -0.1) is 0 Å². The van der Waals surface area contributed by atoms with E-state index >= 15 is 0 Å². The van der Waals surface area contributed by atoms with Crippen molar-refractivity contribution in [2.24, 2.45) is 0 Å². The van der Waals surface area contributed by atoms with Crippen molar-refractivity contribution >= 4 is 16.8 Å². The summed E-state index contributed by atoms with van der Waals surface area (Å²) < 4.78 is 5.93. The van der Waals surface area contributed by atoms with Crippen molar-refractivity contribution in [2.75, 3.05) is 13.1 Å². The minimum atomic E-state index is 0.0892. The molecule has 0 atom stereocenters. The van der Waals surface area contributed by atoms with Crippen molar-refractivity contribution in [3.05, 3.63) is 60.6 Å². The molecule has 0 radical (unpaired) electrons. The first-order chi connectivity index (χ1) is 11.8. The summed E-state index contributed by atoms with van der Waals surface area (Å²) in [6.45, 7) is 1.43. The van der Waals surface area contributed by atoms with Crippen LogP contribution in [0.2, 0.25) is 0 Å². The smallest absolute Gasteiger partial charge is 0.253 e. The third-order valence-electron chi connectivity index (χ3n) is 4.47. The normalized spacial score (nSPS) is 15.6. The average Bonchev–Trinajstić information content (AvgIpc) is 3.10. The van der Waals surface area contributed by atoms with Gasteiger partial charge >= 0.3 is 0 Å². The highest BCUT2D eigenvalue weighted by Gasteiger charge is 2.24. The van der Waals surface area contributed by atoms with Crippen LogP contribution in [0.1, 0.15) is 23.2 Å². The van der Waals surface area contributed by atoms with Crippen LogP contribution in [0, 0.1) is 0 Å². The topological polar surface area (TPSA) is 58.2 Å². The maximum absolute atomic E-state index is 12.7. The van der Waals surface area contributed by atoms with Crippen LogP contribution in [-0.4, -0.2) is 40.0 Å². The molecule has 1 saturated heterocycles. The Balaban J connectivity index is 1.39. The van der Waals surface area contributed by atoms with Gasteiger partial charge in [0, 0.05) is 49.4 Å². The van der Waals surface area contributed by atoms with Crippen LogP contribution in [0.25, 0.3) is 10.9 Å². The Morgan fingerprint density at radius 3 is 2.88 bits per heavy atom. The molecule has 1 fully saturated rings. The van der Waals surface area contributed by atoms with Gasteiger partial charge in [-0.2, -0.15) is 0 Å². The van der Waals surface area contributed by atoms with Gasteiger partial charge in [0.15, 0.2) is 0 Å². The predicted molar refractivity (Wildman–Crippen MR) is 92.1 cm³/mol. The number of aromatic amines is 1. The monoisotopic (exact) mass is 321 g/mol. The van der Waals surface area contributed by atoms with Crippen molar-refractivity contribution in [1.29, 1.82) is 0 Å². The molecule has 122 valence electrons. The second-order valence-corrected chi connectivity index (χ2v) is 6.08. The molecule has 24 heavy (non-hydrogen) atoms. The minimum Gasteiger partial charge on any atom is -0.489 e. The molecule has 0 unspecified atom stereocenters. The number of hydrogen-bond acceptors (Lipinski definition) is 3. The largest absolute Gasteiger partial charge is 0.489 e. The van der Waals surface area contributed by atoms with Gasteiger partial charge in [0.1, 0.15) is 11.9 Å². The molecule has 1 amide bonds. The molecule has 1 aliphatic rings. The van der Waals surface area contributed by atoms with Gasteiger partial charge in [0.05, 0.1) is 6.20 Å². The summed E-state index contributed by atoms with van der Waals surface area (Å²) in [7, 11) is 0. The number of amides is 1. The number of H-pyrrole nitrogens is 1. The highest BCUT2D eigenvalue weighted by atomic mass is 16.5. The number of aromatic nitrogens is 2. The summed E-state index contributed by atoms with van der Waals surface area (Å²) in [5, 5.41) is 1.12. The van der Waals surface area contributed by atoms with Crippen LogP contribution in [0.3, 0.4) is 0 Å². The Morgan fingerprint density at radius 1 is 1.21 bits per heavy atom. The van der Waals surface area contributed by atoms with Gasteiger partial charge in [-0.05, 0) is 35.7 Å². The first kappa shape index (κ1) is 14.8. The summed E-state index contributed by atoms with van der Waals surface area (Å²) in [5.41, 5.74) is 1.73. The van der Waals surface area contributed by atoms with Crippen molar-refractivity contribution < 1.29 is 9.53 Å². The minimum absolute atomic E-state index is 0.0892. The Kier molecular flexibility index (Phi) is 3.91. The number of nitrogens with one attached hydrogen (secondary N) is 1. The summed E-state index contributed by atoms with van der Waals surface area (Å²) in [4.78, 5) is 21.8. The number of rotatable bonds is 3. The molecule has 4 rings (SSSR count). The molecule has 0 spiro atoms. The van der Waals surface area contributed by atoms with Crippen LogP contribution in [0.15, 0.2) is 55.0 Å². The first-order valence-corrected chi connectivity index (χ1v) is 8.23. The molecule has 3 aromatic rings. The van der Waals surface area contributed by atoms with Crippen LogP contribution in [0.5, 0.6) is 5.75 Å². The standard InChI is InChI=1S/C19H19N3O2/c23-19(15-4-3-14-5-9-21-18(14)12-15)22-10-6-16(7-11-22)24-17-2-1-8-20-13-17/h1-5,8-9,12-13,16,21H,6-7,10-11H2. The van der Waals surface area contributed by atoms with E-state index in [1.54, 1.807) is 12.4 Å². The van der Waals surface area contributed by atoms with E-state index in [4.69, 9.17) is 4.74 Å². The Morgan fingerprint density at radius 2 is 2.08 bits per heavy atom. The van der Waals surface area contributed by atoms with Gasteiger partial charge in [-0.1, -0.05) is 6.07 Å². The molecular weight excluding hydrogens is 302 g/mol. The van der Waals surface area contributed by atoms with E-state index in [2.05, 4.69) is 9.97 Å². The second-order valence-electron chi connectivity index (χ2n) is 6.08. The van der Waals surface area contributed by atoms with Crippen LogP contribution in [0.4, 0.5) is 0 Å². The van der Waals surface area contributed by atoms with E-state index in [0.29, 0.717) is 13.1 Å². The van der Waals surface area contributed by atoms with Crippen molar-refractivity contribution in [3.63, 3.8) is 0 Å². The third kappa shape index (κ3) is 2.97. The molecule has 1 N–H and O–H groups in total. The zero-order valence-corrected chi connectivity index (χ0v) is 13.3. The van der Waals surface area contributed by atoms with Crippen LogP contribution in [-0.2, 0) is 0 Å². The number of carbonyl (C=O) groups is 1. The maximum Gasteiger partial charge on any atom is 0.253 e. The van der Waals surface area contributed by atoms with E-state index in [0.717, 1.165) is 35.1 Å². The number of piperidine rings is 1. The number of pyridine rings is 1. The van der Waals surface area contributed by atoms with E-state index in [-0.39, 0.29) is 12.0 Å². The number of benzene rings is 1. The van der Waals surface area contributed by atoms with Gasteiger partial charge in [0.25, 0.3) is 5.91 Å². The lowest BCUT2D eigenvalue weighted by molar-refractivity contribution is 0.0595. The molecule has 0 aliphatic carbocycles. The fraction of sp³-hybridized carbons (Fsp3) is 0.263. The lowest BCUT2D eigenvalue weighted by Crippen LogP contribution is -2.41. The summed E-state index contributed by atoms with van der Waals surface area (Å²) in [5.74, 6) is 0.880. The van der Waals surface area contributed by atoms with Gasteiger partial charge < -0.3 is 14.6 Å². The van der Waals surface area contributed by atoms with Crippen molar-refractivity contribution in [3.8, 4) is 5.75 Å².